The van der Waals surface area contributed by atoms with Crippen LogP contribution in [-0.4, -0.2) is 23.9 Å². The Labute approximate surface area is 174 Å². The number of fused-ring (bicyclic) bond motifs is 1. The summed E-state index contributed by atoms with van der Waals surface area (Å²) in [6.07, 6.45) is 0. The maximum atomic E-state index is 13.1. The van der Waals surface area contributed by atoms with Gasteiger partial charge in [0.2, 0.25) is 5.91 Å². The summed E-state index contributed by atoms with van der Waals surface area (Å²) in [5.74, 6) is -0.130. The van der Waals surface area contributed by atoms with Crippen molar-refractivity contribution < 1.29 is 14.3 Å². The highest BCUT2D eigenvalue weighted by Crippen LogP contribution is 2.30. The maximum Gasteiger partial charge on any atom is 0.256 e. The minimum Gasteiger partial charge on any atom is -0.497 e. The van der Waals surface area contributed by atoms with Crippen molar-refractivity contribution in [3.05, 3.63) is 58.7 Å². The normalized spacial score (nSPS) is 10.8. The highest BCUT2D eigenvalue weighted by molar-refractivity contribution is 6.35. The van der Waals surface area contributed by atoms with Crippen LogP contribution in [0.25, 0.3) is 10.9 Å². The van der Waals surface area contributed by atoms with E-state index in [0.717, 1.165) is 0 Å². The third-order valence-electron chi connectivity index (χ3n) is 4.42. The van der Waals surface area contributed by atoms with Crippen molar-refractivity contribution in [1.82, 2.24) is 4.98 Å². The summed E-state index contributed by atoms with van der Waals surface area (Å²) < 4.78 is 5.26. The van der Waals surface area contributed by atoms with Gasteiger partial charge in [0.25, 0.3) is 5.91 Å². The number of ether oxygens (including phenoxy) is 1. The topological polar surface area (TPSA) is 80.3 Å². The molecule has 1 aromatic heterocycles. The van der Waals surface area contributed by atoms with E-state index in [1.807, 2.05) is 0 Å². The van der Waals surface area contributed by atoms with Crippen LogP contribution in [0.15, 0.2) is 42.5 Å². The molecule has 3 rings (SSSR count). The molecule has 0 spiro atoms. The number of benzene rings is 2. The average molecular weight is 412 g/mol. The first-order valence-corrected chi connectivity index (χ1v) is 9.54. The van der Waals surface area contributed by atoms with E-state index in [9.17, 15) is 9.59 Å². The molecule has 0 saturated heterocycles. The number of amides is 2. The lowest BCUT2D eigenvalue weighted by Gasteiger charge is -2.16. The van der Waals surface area contributed by atoms with Gasteiger partial charge in [-0.15, -0.1) is 0 Å². The molecule has 0 radical (unpaired) electrons. The molecule has 7 heteroatoms. The number of halogens is 1. The van der Waals surface area contributed by atoms with Crippen molar-refractivity contribution in [2.24, 2.45) is 5.92 Å². The van der Waals surface area contributed by atoms with Gasteiger partial charge in [0, 0.05) is 23.1 Å². The van der Waals surface area contributed by atoms with Crippen molar-refractivity contribution in [2.75, 3.05) is 17.7 Å². The van der Waals surface area contributed by atoms with E-state index < -0.39 is 0 Å². The zero-order valence-corrected chi connectivity index (χ0v) is 17.4. The molecule has 2 amide bonds. The Kier molecular flexibility index (Phi) is 6.03. The molecule has 29 heavy (non-hydrogen) atoms. The number of carbonyl (C=O) groups is 2. The quantitative estimate of drug-likeness (QED) is 0.615. The molecule has 0 aliphatic heterocycles. The molecule has 0 atom stereocenters. The molecule has 150 valence electrons. The molecule has 2 aromatic carbocycles. The van der Waals surface area contributed by atoms with Crippen LogP contribution in [0.4, 0.5) is 11.4 Å². The standard InChI is InChI=1S/C22H22ClN3O3/c1-12(2)21(27)25-18-9-8-14(29-4)11-19(18)26-22(28)16-10-13(3)24-20-15(16)6-5-7-17(20)23/h5-12H,1-4H3,(H,25,27)(H,26,28). The monoisotopic (exact) mass is 411 g/mol. The lowest BCUT2D eigenvalue weighted by molar-refractivity contribution is -0.118. The number of carbonyl (C=O) groups excluding carboxylic acids is 2. The lowest BCUT2D eigenvalue weighted by atomic mass is 10.1. The van der Waals surface area contributed by atoms with Crippen LogP contribution in [0.3, 0.4) is 0 Å². The highest BCUT2D eigenvalue weighted by Gasteiger charge is 2.17. The summed E-state index contributed by atoms with van der Waals surface area (Å²) in [7, 11) is 1.54. The number of aryl methyl sites for hydroxylation is 1. The second kappa shape index (κ2) is 8.49. The van der Waals surface area contributed by atoms with Crippen molar-refractivity contribution in [2.45, 2.75) is 20.8 Å². The van der Waals surface area contributed by atoms with Crippen molar-refractivity contribution in [3.63, 3.8) is 0 Å². The molecule has 6 nitrogen and oxygen atoms in total. The average Bonchev–Trinajstić information content (AvgIpc) is 2.69. The van der Waals surface area contributed by atoms with Gasteiger partial charge in [-0.1, -0.05) is 37.6 Å². The minimum atomic E-state index is -0.337. The van der Waals surface area contributed by atoms with Crippen molar-refractivity contribution in [1.29, 1.82) is 0 Å². The molecule has 0 unspecified atom stereocenters. The molecule has 2 N–H and O–H groups in total. The van der Waals surface area contributed by atoms with Gasteiger partial charge in [-0.25, -0.2) is 0 Å². The van der Waals surface area contributed by atoms with Gasteiger partial charge >= 0.3 is 0 Å². The van der Waals surface area contributed by atoms with Crippen LogP contribution >= 0.6 is 11.6 Å². The number of hydrogen-bond donors (Lipinski definition) is 2. The lowest BCUT2D eigenvalue weighted by Crippen LogP contribution is -2.20. The van der Waals surface area contributed by atoms with Gasteiger partial charge in [-0.05, 0) is 31.2 Å². The van der Waals surface area contributed by atoms with Gasteiger partial charge in [-0.3, -0.25) is 14.6 Å². The fourth-order valence-corrected chi connectivity index (χ4v) is 3.08. The Morgan fingerprint density at radius 3 is 2.52 bits per heavy atom. The van der Waals surface area contributed by atoms with E-state index in [2.05, 4.69) is 15.6 Å². The number of para-hydroxylation sites is 1. The Morgan fingerprint density at radius 2 is 1.83 bits per heavy atom. The Bertz CT molecular complexity index is 1100. The Hall–Kier alpha value is -3.12. The van der Waals surface area contributed by atoms with Gasteiger partial charge in [-0.2, -0.15) is 0 Å². The molecule has 1 heterocycles. The van der Waals surface area contributed by atoms with Gasteiger partial charge in [0.15, 0.2) is 0 Å². The molecule has 0 bridgehead atoms. The highest BCUT2D eigenvalue weighted by atomic mass is 35.5. The smallest absolute Gasteiger partial charge is 0.256 e. The zero-order valence-electron chi connectivity index (χ0n) is 16.7. The Balaban J connectivity index is 2.02. The molecular formula is C22H22ClN3O3. The zero-order chi connectivity index (χ0) is 21.1. The van der Waals surface area contributed by atoms with E-state index in [1.165, 1.54) is 7.11 Å². The molecule has 0 fully saturated rings. The minimum absolute atomic E-state index is 0.150. The van der Waals surface area contributed by atoms with Crippen LogP contribution < -0.4 is 15.4 Å². The summed E-state index contributed by atoms with van der Waals surface area (Å²) in [5, 5.41) is 6.84. The van der Waals surface area contributed by atoms with E-state index in [4.69, 9.17) is 16.3 Å². The molecular weight excluding hydrogens is 390 g/mol. The number of pyridine rings is 1. The summed E-state index contributed by atoms with van der Waals surface area (Å²) >= 11 is 6.26. The van der Waals surface area contributed by atoms with Crippen LogP contribution in [0, 0.1) is 12.8 Å². The first kappa shape index (κ1) is 20.6. The van der Waals surface area contributed by atoms with E-state index in [-0.39, 0.29) is 17.7 Å². The fourth-order valence-electron chi connectivity index (χ4n) is 2.86. The molecule has 0 saturated carbocycles. The van der Waals surface area contributed by atoms with Crippen LogP contribution in [-0.2, 0) is 4.79 Å². The van der Waals surface area contributed by atoms with Crippen LogP contribution in [0.1, 0.15) is 29.9 Å². The predicted octanol–water partition coefficient (Wildman–Crippen LogP) is 5.05. The fraction of sp³-hybridized carbons (Fsp3) is 0.227. The number of nitrogens with zero attached hydrogens (tertiary/aromatic N) is 1. The van der Waals surface area contributed by atoms with E-state index in [0.29, 0.717) is 44.3 Å². The first-order chi connectivity index (χ1) is 13.8. The third kappa shape index (κ3) is 4.49. The maximum absolute atomic E-state index is 13.1. The number of methoxy groups -OCH3 is 1. The van der Waals surface area contributed by atoms with Gasteiger partial charge in [0.1, 0.15) is 5.75 Å². The molecule has 0 aliphatic carbocycles. The number of rotatable bonds is 5. The predicted molar refractivity (Wildman–Crippen MR) is 116 cm³/mol. The summed E-state index contributed by atoms with van der Waals surface area (Å²) in [6, 6.07) is 12.1. The second-order valence-corrected chi connectivity index (χ2v) is 7.36. The second-order valence-electron chi connectivity index (χ2n) is 6.96. The Morgan fingerprint density at radius 1 is 1.07 bits per heavy atom. The van der Waals surface area contributed by atoms with E-state index in [1.54, 1.807) is 63.2 Å². The van der Waals surface area contributed by atoms with Crippen LogP contribution in [0.5, 0.6) is 5.75 Å². The first-order valence-electron chi connectivity index (χ1n) is 9.16. The van der Waals surface area contributed by atoms with Crippen molar-refractivity contribution >= 4 is 45.7 Å². The molecule has 0 aliphatic rings. The number of anilines is 2. The largest absolute Gasteiger partial charge is 0.497 e. The summed E-state index contributed by atoms with van der Waals surface area (Å²) in [4.78, 5) is 29.7. The van der Waals surface area contributed by atoms with E-state index >= 15 is 0 Å². The number of aromatic nitrogens is 1. The van der Waals surface area contributed by atoms with Crippen molar-refractivity contribution in [3.8, 4) is 5.75 Å². The number of nitrogens with one attached hydrogen (secondary N) is 2. The number of hydrogen-bond acceptors (Lipinski definition) is 4. The van der Waals surface area contributed by atoms with Gasteiger partial charge in [0.05, 0.1) is 34.6 Å². The summed E-state index contributed by atoms with van der Waals surface area (Å²) in [5.41, 5.74) is 2.62. The summed E-state index contributed by atoms with van der Waals surface area (Å²) in [6.45, 7) is 5.40. The molecule has 3 aromatic rings. The van der Waals surface area contributed by atoms with Gasteiger partial charge < -0.3 is 15.4 Å². The SMILES string of the molecule is COc1ccc(NC(=O)C(C)C)c(NC(=O)c2cc(C)nc3c(Cl)cccc23)c1. The third-order valence-corrected chi connectivity index (χ3v) is 4.73. The van der Waals surface area contributed by atoms with Crippen LogP contribution in [0.2, 0.25) is 5.02 Å².